The molecule has 2 rings (SSSR count). The summed E-state index contributed by atoms with van der Waals surface area (Å²) in [5.74, 6) is 0. The van der Waals surface area contributed by atoms with Crippen LogP contribution < -0.4 is 5.32 Å². The molecule has 2 aromatic rings. The van der Waals surface area contributed by atoms with Gasteiger partial charge in [0.15, 0.2) is 0 Å². The number of rotatable bonds is 3. The number of halogens is 1. The minimum absolute atomic E-state index is 0.201. The Hall–Kier alpha value is -2.07. The molecule has 0 aliphatic heterocycles. The quantitative estimate of drug-likeness (QED) is 0.933. The van der Waals surface area contributed by atoms with E-state index >= 15 is 0 Å². The van der Waals surface area contributed by atoms with Crippen molar-refractivity contribution in [3.63, 3.8) is 0 Å². The van der Waals surface area contributed by atoms with Crippen molar-refractivity contribution in [3.8, 4) is 0 Å². The lowest BCUT2D eigenvalue weighted by Crippen LogP contribution is -2.30. The first-order valence-electron chi connectivity index (χ1n) is 5.82. The number of urea groups is 1. The van der Waals surface area contributed by atoms with Gasteiger partial charge in [0.25, 0.3) is 0 Å². The summed E-state index contributed by atoms with van der Waals surface area (Å²) in [5, 5.41) is 3.42. The van der Waals surface area contributed by atoms with Crippen LogP contribution in [0.1, 0.15) is 5.56 Å². The van der Waals surface area contributed by atoms with Crippen molar-refractivity contribution < 1.29 is 4.79 Å². The number of amides is 2. The smallest absolute Gasteiger partial charge is 0.321 e. The minimum atomic E-state index is -0.201. The number of benzene rings is 1. The van der Waals surface area contributed by atoms with Crippen LogP contribution in [0.25, 0.3) is 0 Å². The number of nitrogens with one attached hydrogen (secondary N) is 1. The second-order valence-corrected chi connectivity index (χ2v) is 4.53. The molecule has 0 aliphatic rings. The lowest BCUT2D eigenvalue weighted by molar-refractivity contribution is 0.220. The summed E-state index contributed by atoms with van der Waals surface area (Å²) in [4.78, 5) is 17.5. The molecular weight excluding hydrogens is 262 g/mol. The molecule has 0 bridgehead atoms. The van der Waals surface area contributed by atoms with Gasteiger partial charge in [0.1, 0.15) is 0 Å². The molecule has 2 amide bonds. The van der Waals surface area contributed by atoms with Crippen LogP contribution in [0.2, 0.25) is 5.02 Å². The van der Waals surface area contributed by atoms with Crippen LogP contribution in [-0.2, 0) is 6.54 Å². The lowest BCUT2D eigenvalue weighted by Gasteiger charge is -2.18. The predicted octanol–water partition coefficient (Wildman–Crippen LogP) is 3.40. The fourth-order valence-electron chi connectivity index (χ4n) is 1.61. The third-order valence-corrected chi connectivity index (χ3v) is 2.99. The number of hydrogen-bond donors (Lipinski definition) is 1. The van der Waals surface area contributed by atoms with Crippen molar-refractivity contribution in [1.82, 2.24) is 9.88 Å². The molecule has 4 nitrogen and oxygen atoms in total. The first-order chi connectivity index (χ1) is 9.16. The number of anilines is 1. The standard InChI is InChI=1S/C14H14ClN3O/c1-18(10-11-5-2-3-7-13(11)15)14(19)17-12-6-4-8-16-9-12/h2-9H,10H2,1H3,(H,17,19). The number of carbonyl (C=O) groups excluding carboxylic acids is 1. The van der Waals surface area contributed by atoms with Gasteiger partial charge in [-0.05, 0) is 23.8 Å². The molecule has 0 saturated carbocycles. The average molecular weight is 276 g/mol. The van der Waals surface area contributed by atoms with Crippen molar-refractivity contribution in [1.29, 1.82) is 0 Å². The first-order valence-corrected chi connectivity index (χ1v) is 6.20. The van der Waals surface area contributed by atoms with E-state index in [1.165, 1.54) is 0 Å². The number of pyridine rings is 1. The highest BCUT2D eigenvalue weighted by Gasteiger charge is 2.10. The van der Waals surface area contributed by atoms with Crippen molar-refractivity contribution in [2.24, 2.45) is 0 Å². The van der Waals surface area contributed by atoms with Crippen molar-refractivity contribution in [2.45, 2.75) is 6.54 Å². The number of nitrogens with zero attached hydrogens (tertiary/aromatic N) is 2. The van der Waals surface area contributed by atoms with Gasteiger partial charge in [0.05, 0.1) is 11.9 Å². The molecule has 0 atom stereocenters. The molecule has 0 spiro atoms. The van der Waals surface area contributed by atoms with E-state index in [2.05, 4.69) is 10.3 Å². The third kappa shape index (κ3) is 3.69. The van der Waals surface area contributed by atoms with E-state index in [-0.39, 0.29) is 6.03 Å². The van der Waals surface area contributed by atoms with E-state index in [9.17, 15) is 4.79 Å². The molecule has 0 saturated heterocycles. The van der Waals surface area contributed by atoms with Gasteiger partial charge in [-0.1, -0.05) is 29.8 Å². The van der Waals surface area contributed by atoms with E-state index < -0.39 is 0 Å². The summed E-state index contributed by atoms with van der Waals surface area (Å²) in [7, 11) is 1.72. The van der Waals surface area contributed by atoms with Gasteiger partial charge in [-0.15, -0.1) is 0 Å². The SMILES string of the molecule is CN(Cc1ccccc1Cl)C(=O)Nc1cccnc1. The number of aromatic nitrogens is 1. The summed E-state index contributed by atoms with van der Waals surface area (Å²) in [6.45, 7) is 0.450. The minimum Gasteiger partial charge on any atom is -0.323 e. The van der Waals surface area contributed by atoms with Crippen LogP contribution in [0.3, 0.4) is 0 Å². The Balaban J connectivity index is 1.98. The second-order valence-electron chi connectivity index (χ2n) is 4.12. The molecular formula is C14H14ClN3O. The zero-order valence-electron chi connectivity index (χ0n) is 10.5. The van der Waals surface area contributed by atoms with E-state index in [1.54, 1.807) is 36.5 Å². The highest BCUT2D eigenvalue weighted by molar-refractivity contribution is 6.31. The Morgan fingerprint density at radius 3 is 2.79 bits per heavy atom. The topological polar surface area (TPSA) is 45.2 Å². The Bertz CT molecular complexity index is 560. The Morgan fingerprint density at radius 2 is 2.11 bits per heavy atom. The van der Waals surface area contributed by atoms with Crippen LogP contribution in [0.15, 0.2) is 48.8 Å². The summed E-state index contributed by atoms with van der Waals surface area (Å²) in [5.41, 5.74) is 1.58. The fraction of sp³-hybridized carbons (Fsp3) is 0.143. The molecule has 1 aromatic heterocycles. The first kappa shape index (κ1) is 13.4. The van der Waals surface area contributed by atoms with Crippen molar-refractivity contribution >= 4 is 23.3 Å². The second kappa shape index (κ2) is 6.20. The van der Waals surface area contributed by atoms with Gasteiger partial charge in [0.2, 0.25) is 0 Å². The summed E-state index contributed by atoms with van der Waals surface area (Å²) >= 11 is 6.06. The largest absolute Gasteiger partial charge is 0.323 e. The zero-order valence-corrected chi connectivity index (χ0v) is 11.3. The molecule has 0 unspecified atom stereocenters. The zero-order chi connectivity index (χ0) is 13.7. The van der Waals surface area contributed by atoms with Gasteiger partial charge in [0, 0.05) is 24.8 Å². The Labute approximate surface area is 117 Å². The maximum Gasteiger partial charge on any atom is 0.321 e. The van der Waals surface area contributed by atoms with E-state index in [0.29, 0.717) is 17.3 Å². The molecule has 19 heavy (non-hydrogen) atoms. The molecule has 0 fully saturated rings. The number of carbonyl (C=O) groups is 1. The summed E-state index contributed by atoms with van der Waals surface area (Å²) in [6, 6.07) is 10.8. The van der Waals surface area contributed by atoms with Gasteiger partial charge >= 0.3 is 6.03 Å². The molecule has 5 heteroatoms. The molecule has 1 aromatic carbocycles. The fourth-order valence-corrected chi connectivity index (χ4v) is 1.81. The molecule has 1 heterocycles. The summed E-state index contributed by atoms with van der Waals surface area (Å²) in [6.07, 6.45) is 3.25. The molecule has 98 valence electrons. The van der Waals surface area contributed by atoms with Gasteiger partial charge in [-0.25, -0.2) is 4.79 Å². The highest BCUT2D eigenvalue weighted by Crippen LogP contribution is 2.16. The van der Waals surface area contributed by atoms with E-state index in [0.717, 1.165) is 5.56 Å². The van der Waals surface area contributed by atoms with Crippen LogP contribution >= 0.6 is 11.6 Å². The van der Waals surface area contributed by atoms with Crippen LogP contribution in [-0.4, -0.2) is 23.0 Å². The van der Waals surface area contributed by atoms with E-state index in [4.69, 9.17) is 11.6 Å². The van der Waals surface area contributed by atoms with E-state index in [1.807, 2.05) is 24.3 Å². The Morgan fingerprint density at radius 1 is 1.32 bits per heavy atom. The lowest BCUT2D eigenvalue weighted by atomic mass is 10.2. The average Bonchev–Trinajstić information content (AvgIpc) is 2.42. The van der Waals surface area contributed by atoms with Crippen LogP contribution in [0.5, 0.6) is 0 Å². The maximum absolute atomic E-state index is 12.0. The van der Waals surface area contributed by atoms with Crippen molar-refractivity contribution in [2.75, 3.05) is 12.4 Å². The summed E-state index contributed by atoms with van der Waals surface area (Å²) < 4.78 is 0. The highest BCUT2D eigenvalue weighted by atomic mass is 35.5. The van der Waals surface area contributed by atoms with Crippen LogP contribution in [0.4, 0.5) is 10.5 Å². The predicted molar refractivity (Wildman–Crippen MR) is 76.2 cm³/mol. The molecule has 0 radical (unpaired) electrons. The third-order valence-electron chi connectivity index (χ3n) is 2.62. The number of hydrogen-bond acceptors (Lipinski definition) is 2. The monoisotopic (exact) mass is 275 g/mol. The van der Waals surface area contributed by atoms with Crippen LogP contribution in [0, 0.1) is 0 Å². The normalized spacial score (nSPS) is 10.0. The maximum atomic E-state index is 12.0. The van der Waals surface area contributed by atoms with Gasteiger partial charge in [-0.2, -0.15) is 0 Å². The van der Waals surface area contributed by atoms with Gasteiger partial charge in [-0.3, -0.25) is 4.98 Å². The van der Waals surface area contributed by atoms with Gasteiger partial charge < -0.3 is 10.2 Å². The Kier molecular flexibility index (Phi) is 4.36. The molecule has 1 N–H and O–H groups in total. The molecule has 0 aliphatic carbocycles. The van der Waals surface area contributed by atoms with Crippen molar-refractivity contribution in [3.05, 3.63) is 59.4 Å².